The fourth-order valence-electron chi connectivity index (χ4n) is 3.62. The van der Waals surface area contributed by atoms with Crippen molar-refractivity contribution in [1.82, 2.24) is 9.80 Å². The van der Waals surface area contributed by atoms with E-state index in [4.69, 9.17) is 4.74 Å². The van der Waals surface area contributed by atoms with Gasteiger partial charge in [0, 0.05) is 26.6 Å². The first-order valence-electron chi connectivity index (χ1n) is 8.51. The highest BCUT2D eigenvalue weighted by Gasteiger charge is 2.31. The molecule has 1 unspecified atom stereocenters. The van der Waals surface area contributed by atoms with Gasteiger partial charge in [-0.25, -0.2) is 9.59 Å². The van der Waals surface area contributed by atoms with Gasteiger partial charge in [0.1, 0.15) is 6.10 Å². The Balaban J connectivity index is 1.69. The summed E-state index contributed by atoms with van der Waals surface area (Å²) in [6.45, 7) is 3.34. The molecule has 25 heavy (non-hydrogen) atoms. The molecule has 2 amide bonds. The van der Waals surface area contributed by atoms with Crippen LogP contribution >= 0.6 is 0 Å². The van der Waals surface area contributed by atoms with Gasteiger partial charge in [-0.05, 0) is 36.5 Å². The van der Waals surface area contributed by atoms with E-state index in [1.165, 1.54) is 6.92 Å². The van der Waals surface area contributed by atoms with Crippen molar-refractivity contribution in [2.24, 2.45) is 0 Å². The van der Waals surface area contributed by atoms with Crippen LogP contribution in [0, 0.1) is 0 Å². The summed E-state index contributed by atoms with van der Waals surface area (Å²) < 4.78 is 5.24. The number of carboxylic acids is 1. The van der Waals surface area contributed by atoms with E-state index in [1.807, 2.05) is 6.07 Å². The predicted octanol–water partition coefficient (Wildman–Crippen LogP) is 1.89. The van der Waals surface area contributed by atoms with Gasteiger partial charge in [0.05, 0.1) is 12.1 Å². The molecule has 1 fully saturated rings. The van der Waals surface area contributed by atoms with Crippen LogP contribution < -0.4 is 0 Å². The number of carbonyl (C=O) groups excluding carboxylic acids is 2. The number of esters is 1. The van der Waals surface area contributed by atoms with Gasteiger partial charge in [-0.3, -0.25) is 4.79 Å². The molecule has 0 bridgehead atoms. The third-order valence-corrected chi connectivity index (χ3v) is 4.75. The largest absolute Gasteiger partial charge is 0.478 e. The molecule has 134 valence electrons. The number of aromatic carboxylic acids is 1. The number of fused-ring (bicyclic) bond motifs is 1. The number of amides is 2. The van der Waals surface area contributed by atoms with Gasteiger partial charge < -0.3 is 19.6 Å². The molecule has 2 aliphatic rings. The molecule has 0 spiro atoms. The number of rotatable bonds is 2. The number of urea groups is 1. The van der Waals surface area contributed by atoms with Crippen molar-refractivity contribution < 1.29 is 24.2 Å². The van der Waals surface area contributed by atoms with E-state index < -0.39 is 5.97 Å². The van der Waals surface area contributed by atoms with Crippen molar-refractivity contribution in [1.29, 1.82) is 0 Å². The van der Waals surface area contributed by atoms with Crippen molar-refractivity contribution in [2.45, 2.75) is 38.8 Å². The summed E-state index contributed by atoms with van der Waals surface area (Å²) in [5.41, 5.74) is 2.01. The molecule has 1 aromatic carbocycles. The van der Waals surface area contributed by atoms with Crippen molar-refractivity contribution in [2.75, 3.05) is 19.6 Å². The van der Waals surface area contributed by atoms with E-state index in [1.54, 1.807) is 21.9 Å². The third-order valence-electron chi connectivity index (χ3n) is 4.75. The Labute approximate surface area is 146 Å². The molecule has 2 aliphatic heterocycles. The van der Waals surface area contributed by atoms with Crippen LogP contribution in [0.1, 0.15) is 41.3 Å². The van der Waals surface area contributed by atoms with Crippen molar-refractivity contribution in [3.05, 3.63) is 34.9 Å². The van der Waals surface area contributed by atoms with Crippen LogP contribution in [0.4, 0.5) is 4.79 Å². The number of ether oxygens (including phenoxy) is 1. The number of hydrogen-bond donors (Lipinski definition) is 1. The molecule has 1 saturated heterocycles. The minimum Gasteiger partial charge on any atom is -0.478 e. The highest BCUT2D eigenvalue weighted by molar-refractivity contribution is 5.90. The van der Waals surface area contributed by atoms with Gasteiger partial charge in [0.25, 0.3) is 0 Å². The second-order valence-corrected chi connectivity index (χ2v) is 6.52. The number of nitrogens with zero attached hydrogens (tertiary/aromatic N) is 2. The molecule has 7 heteroatoms. The van der Waals surface area contributed by atoms with E-state index in [2.05, 4.69) is 0 Å². The Kier molecular flexibility index (Phi) is 4.92. The van der Waals surface area contributed by atoms with Gasteiger partial charge in [0.15, 0.2) is 0 Å². The Morgan fingerprint density at radius 2 is 2.00 bits per heavy atom. The molecule has 1 aromatic rings. The minimum atomic E-state index is -0.933. The van der Waals surface area contributed by atoms with Crippen LogP contribution in [-0.2, 0) is 22.5 Å². The summed E-state index contributed by atoms with van der Waals surface area (Å²) in [7, 11) is 0. The lowest BCUT2D eigenvalue weighted by atomic mass is 9.94. The lowest BCUT2D eigenvalue weighted by Crippen LogP contribution is -2.50. The smallest absolute Gasteiger partial charge is 0.335 e. The summed E-state index contributed by atoms with van der Waals surface area (Å²) in [5.74, 6) is -1.26. The Bertz CT molecular complexity index is 703. The average Bonchev–Trinajstić information content (AvgIpc) is 2.59. The highest BCUT2D eigenvalue weighted by Crippen LogP contribution is 2.24. The normalized spacial score (nSPS) is 20.0. The van der Waals surface area contributed by atoms with E-state index in [9.17, 15) is 19.5 Å². The first-order valence-corrected chi connectivity index (χ1v) is 8.51. The van der Waals surface area contributed by atoms with Crippen molar-refractivity contribution in [3.8, 4) is 0 Å². The maximum Gasteiger partial charge on any atom is 0.335 e. The first-order chi connectivity index (χ1) is 12.0. The van der Waals surface area contributed by atoms with Gasteiger partial charge in [-0.2, -0.15) is 0 Å². The zero-order valence-electron chi connectivity index (χ0n) is 14.2. The predicted molar refractivity (Wildman–Crippen MR) is 89.3 cm³/mol. The zero-order chi connectivity index (χ0) is 18.0. The van der Waals surface area contributed by atoms with E-state index in [0.717, 1.165) is 24.0 Å². The Hall–Kier alpha value is -2.57. The van der Waals surface area contributed by atoms with E-state index in [-0.39, 0.29) is 18.1 Å². The van der Waals surface area contributed by atoms with Crippen LogP contribution in [0.3, 0.4) is 0 Å². The van der Waals surface area contributed by atoms with Crippen LogP contribution in [0.2, 0.25) is 0 Å². The number of carbonyl (C=O) groups is 3. The molecule has 2 heterocycles. The van der Waals surface area contributed by atoms with Gasteiger partial charge >= 0.3 is 18.0 Å². The zero-order valence-corrected chi connectivity index (χ0v) is 14.2. The highest BCUT2D eigenvalue weighted by atomic mass is 16.5. The molecular weight excluding hydrogens is 324 g/mol. The number of benzene rings is 1. The maximum absolute atomic E-state index is 12.8. The summed E-state index contributed by atoms with van der Waals surface area (Å²) in [5, 5.41) is 9.29. The number of carboxylic acid groups (broad SMARTS) is 1. The molecule has 0 aromatic heterocycles. The number of likely N-dealkylation sites (tertiary alicyclic amines) is 1. The molecule has 1 atom stereocenters. The monoisotopic (exact) mass is 346 g/mol. The fraction of sp³-hybridized carbons (Fsp3) is 0.500. The Morgan fingerprint density at radius 3 is 2.72 bits per heavy atom. The molecule has 0 radical (unpaired) electrons. The average molecular weight is 346 g/mol. The summed E-state index contributed by atoms with van der Waals surface area (Å²) in [4.78, 5) is 38.7. The van der Waals surface area contributed by atoms with Gasteiger partial charge in [-0.1, -0.05) is 12.1 Å². The Morgan fingerprint density at radius 1 is 1.20 bits per heavy atom. The third kappa shape index (κ3) is 3.75. The second-order valence-electron chi connectivity index (χ2n) is 6.52. The van der Waals surface area contributed by atoms with Crippen LogP contribution in [-0.4, -0.2) is 58.6 Å². The topological polar surface area (TPSA) is 87.2 Å². The van der Waals surface area contributed by atoms with Gasteiger partial charge in [0.2, 0.25) is 0 Å². The second kappa shape index (κ2) is 7.13. The van der Waals surface area contributed by atoms with Crippen molar-refractivity contribution in [3.63, 3.8) is 0 Å². The number of piperidine rings is 1. The number of hydrogen-bond acceptors (Lipinski definition) is 4. The lowest BCUT2D eigenvalue weighted by molar-refractivity contribution is -0.148. The van der Waals surface area contributed by atoms with Gasteiger partial charge in [-0.15, -0.1) is 0 Å². The van der Waals surface area contributed by atoms with Crippen molar-refractivity contribution >= 4 is 18.0 Å². The summed E-state index contributed by atoms with van der Waals surface area (Å²) >= 11 is 0. The molecular formula is C18H22N2O5. The molecule has 0 aliphatic carbocycles. The fourth-order valence-corrected chi connectivity index (χ4v) is 3.62. The van der Waals surface area contributed by atoms with Crippen LogP contribution in [0.25, 0.3) is 0 Å². The molecule has 3 rings (SSSR count). The van der Waals surface area contributed by atoms with E-state index in [0.29, 0.717) is 38.2 Å². The molecule has 0 saturated carbocycles. The molecule has 7 nitrogen and oxygen atoms in total. The van der Waals surface area contributed by atoms with Crippen LogP contribution in [0.5, 0.6) is 0 Å². The summed E-state index contributed by atoms with van der Waals surface area (Å²) in [6.07, 6.45) is 1.86. The quantitative estimate of drug-likeness (QED) is 0.826. The maximum atomic E-state index is 12.8. The standard InChI is InChI=1S/C18H22N2O5/c1-12(21)25-14-5-3-8-19(11-14)18(24)20-9-7-15-13(10-20)4-2-6-16(15)17(22)23/h2,4,6,14H,3,5,7-11H2,1H3,(H,22,23). The summed E-state index contributed by atoms with van der Waals surface area (Å²) in [6, 6.07) is 5.11. The molecule has 1 N–H and O–H groups in total. The first kappa shape index (κ1) is 17.3. The minimum absolute atomic E-state index is 0.0803. The SMILES string of the molecule is CC(=O)OC1CCCN(C(=O)N2CCc3c(cccc3C(=O)O)C2)C1. The van der Waals surface area contributed by atoms with E-state index >= 15 is 0 Å². The van der Waals surface area contributed by atoms with Crippen LogP contribution in [0.15, 0.2) is 18.2 Å². The lowest BCUT2D eigenvalue weighted by Gasteiger charge is -2.38.